The van der Waals surface area contributed by atoms with Gasteiger partial charge in [-0.3, -0.25) is 9.10 Å². The maximum Gasteiger partial charge on any atom is 0.240 e. The molecule has 0 aliphatic carbocycles. The van der Waals surface area contributed by atoms with Crippen molar-refractivity contribution in [3.8, 4) is 0 Å². The first-order valence-corrected chi connectivity index (χ1v) is 8.22. The zero-order valence-electron chi connectivity index (χ0n) is 12.1. The van der Waals surface area contributed by atoms with Gasteiger partial charge in [-0.15, -0.1) is 0 Å². The molecule has 8 heteroatoms. The summed E-state index contributed by atoms with van der Waals surface area (Å²) in [6.07, 6.45) is 1.58. The van der Waals surface area contributed by atoms with Crippen LogP contribution in [0.1, 0.15) is 20.3 Å². The van der Waals surface area contributed by atoms with Gasteiger partial charge in [-0.1, -0.05) is 6.92 Å². The molecular formula is C13H18F2N2O3S. The minimum atomic E-state index is -3.80. The Morgan fingerprint density at radius 3 is 2.43 bits per heavy atom. The summed E-state index contributed by atoms with van der Waals surface area (Å²) in [5, 5.41) is 2.62. The van der Waals surface area contributed by atoms with Crippen molar-refractivity contribution in [1.82, 2.24) is 5.32 Å². The number of carbonyl (C=O) groups excluding carboxylic acids is 1. The number of hydrogen-bond donors (Lipinski definition) is 1. The van der Waals surface area contributed by atoms with Gasteiger partial charge in [-0.05, 0) is 25.5 Å². The molecule has 0 saturated carbocycles. The van der Waals surface area contributed by atoms with Gasteiger partial charge < -0.3 is 5.32 Å². The summed E-state index contributed by atoms with van der Waals surface area (Å²) in [4.78, 5) is 11.8. The summed E-state index contributed by atoms with van der Waals surface area (Å²) in [5.41, 5.74) is -0.101. The number of benzene rings is 1. The highest BCUT2D eigenvalue weighted by Crippen LogP contribution is 2.20. The molecule has 1 atom stereocenters. The molecule has 1 N–H and O–H groups in total. The van der Waals surface area contributed by atoms with Crippen LogP contribution in [0.25, 0.3) is 0 Å². The van der Waals surface area contributed by atoms with Gasteiger partial charge in [0.05, 0.1) is 11.9 Å². The van der Waals surface area contributed by atoms with Gasteiger partial charge in [0.2, 0.25) is 15.9 Å². The molecule has 0 radical (unpaired) electrons. The molecule has 1 aromatic rings. The maximum atomic E-state index is 13.2. The van der Waals surface area contributed by atoms with Gasteiger partial charge in [-0.2, -0.15) is 0 Å². The minimum Gasteiger partial charge on any atom is -0.352 e. The molecular weight excluding hydrogens is 302 g/mol. The smallest absolute Gasteiger partial charge is 0.240 e. The molecule has 1 rings (SSSR count). The van der Waals surface area contributed by atoms with Crippen molar-refractivity contribution in [1.29, 1.82) is 0 Å². The maximum absolute atomic E-state index is 13.2. The van der Waals surface area contributed by atoms with E-state index in [9.17, 15) is 22.0 Å². The molecule has 1 aromatic carbocycles. The predicted octanol–water partition coefficient (Wildman–Crippen LogP) is 1.65. The number of hydrogen-bond acceptors (Lipinski definition) is 3. The summed E-state index contributed by atoms with van der Waals surface area (Å²) in [6.45, 7) is 3.16. The Morgan fingerprint density at radius 2 is 1.95 bits per heavy atom. The second-order valence-corrected chi connectivity index (χ2v) is 6.65. The van der Waals surface area contributed by atoms with E-state index in [1.54, 1.807) is 6.92 Å². The van der Waals surface area contributed by atoms with Crippen molar-refractivity contribution in [3.05, 3.63) is 29.8 Å². The number of amides is 1. The Balaban J connectivity index is 3.02. The average Bonchev–Trinajstić information content (AvgIpc) is 2.38. The predicted molar refractivity (Wildman–Crippen MR) is 76.4 cm³/mol. The Bertz CT molecular complexity index is 620. The van der Waals surface area contributed by atoms with Gasteiger partial charge in [0.15, 0.2) is 11.6 Å². The Hall–Kier alpha value is -1.70. The van der Waals surface area contributed by atoms with E-state index in [-0.39, 0.29) is 11.7 Å². The normalized spacial score (nSPS) is 12.8. The molecule has 0 unspecified atom stereocenters. The number of rotatable bonds is 6. The van der Waals surface area contributed by atoms with Crippen molar-refractivity contribution in [2.75, 3.05) is 17.1 Å². The quantitative estimate of drug-likeness (QED) is 0.866. The lowest BCUT2D eigenvalue weighted by atomic mass is 10.2. The lowest BCUT2D eigenvalue weighted by Crippen LogP contribution is -2.43. The van der Waals surface area contributed by atoms with Crippen LogP contribution in [0, 0.1) is 11.6 Å². The number of nitrogens with zero attached hydrogens (tertiary/aromatic N) is 1. The van der Waals surface area contributed by atoms with Crippen molar-refractivity contribution >= 4 is 21.6 Å². The molecule has 0 aliphatic heterocycles. The first-order valence-electron chi connectivity index (χ1n) is 6.37. The van der Waals surface area contributed by atoms with E-state index in [2.05, 4.69) is 5.32 Å². The SMILES string of the molecule is CC[C@@H](C)NC(=O)CN(c1ccc(F)c(F)c1)S(C)(=O)=O. The molecule has 0 saturated heterocycles. The minimum absolute atomic E-state index is 0.101. The molecule has 21 heavy (non-hydrogen) atoms. The summed E-state index contributed by atoms with van der Waals surface area (Å²) < 4.78 is 50.4. The molecule has 0 spiro atoms. The Kier molecular flexibility index (Phi) is 5.65. The van der Waals surface area contributed by atoms with Crippen LogP contribution in [0.4, 0.5) is 14.5 Å². The molecule has 0 aliphatic rings. The molecule has 5 nitrogen and oxygen atoms in total. The monoisotopic (exact) mass is 320 g/mol. The standard InChI is InChI=1S/C13H18F2N2O3S/c1-4-9(2)16-13(18)8-17(21(3,19)20)10-5-6-11(14)12(15)7-10/h5-7,9H,4,8H2,1-3H3,(H,16,18)/t9-/m1/s1. The number of carbonyl (C=O) groups is 1. The molecule has 1 amide bonds. The molecule has 0 fully saturated rings. The highest BCUT2D eigenvalue weighted by Gasteiger charge is 2.22. The van der Waals surface area contributed by atoms with Crippen LogP contribution in [-0.4, -0.2) is 33.2 Å². The zero-order valence-corrected chi connectivity index (χ0v) is 12.9. The summed E-state index contributed by atoms with van der Waals surface area (Å²) >= 11 is 0. The fourth-order valence-corrected chi connectivity index (χ4v) is 2.44. The van der Waals surface area contributed by atoms with Crippen LogP contribution in [0.5, 0.6) is 0 Å². The van der Waals surface area contributed by atoms with Crippen molar-refractivity contribution in [3.63, 3.8) is 0 Å². The molecule has 0 bridgehead atoms. The fourth-order valence-electron chi connectivity index (χ4n) is 1.59. The van der Waals surface area contributed by atoms with E-state index in [0.717, 1.165) is 28.8 Å². The van der Waals surface area contributed by atoms with E-state index in [1.165, 1.54) is 0 Å². The largest absolute Gasteiger partial charge is 0.352 e. The third kappa shape index (κ3) is 4.96. The van der Waals surface area contributed by atoms with E-state index in [0.29, 0.717) is 6.42 Å². The molecule has 118 valence electrons. The molecule has 0 aromatic heterocycles. The number of sulfonamides is 1. The number of anilines is 1. The summed E-state index contributed by atoms with van der Waals surface area (Å²) in [6, 6.07) is 2.56. The third-order valence-electron chi connectivity index (χ3n) is 2.90. The highest BCUT2D eigenvalue weighted by atomic mass is 32.2. The van der Waals surface area contributed by atoms with Gasteiger partial charge in [0.1, 0.15) is 6.54 Å². The number of nitrogens with one attached hydrogen (secondary N) is 1. The highest BCUT2D eigenvalue weighted by molar-refractivity contribution is 7.92. The second-order valence-electron chi connectivity index (χ2n) is 4.74. The lowest BCUT2D eigenvalue weighted by Gasteiger charge is -2.23. The van der Waals surface area contributed by atoms with Crippen molar-refractivity contribution < 1.29 is 22.0 Å². The van der Waals surface area contributed by atoms with Gasteiger partial charge in [0.25, 0.3) is 0 Å². The van der Waals surface area contributed by atoms with Crippen LogP contribution in [0.3, 0.4) is 0 Å². The number of halogens is 2. The van der Waals surface area contributed by atoms with Gasteiger partial charge in [0, 0.05) is 12.1 Å². The zero-order chi connectivity index (χ0) is 16.2. The van der Waals surface area contributed by atoms with E-state index in [1.807, 2.05) is 6.92 Å². The van der Waals surface area contributed by atoms with Gasteiger partial charge >= 0.3 is 0 Å². The second kappa shape index (κ2) is 6.84. The van der Waals surface area contributed by atoms with Crippen LogP contribution in [0.15, 0.2) is 18.2 Å². The van der Waals surface area contributed by atoms with Crippen molar-refractivity contribution in [2.24, 2.45) is 0 Å². The van der Waals surface area contributed by atoms with E-state index >= 15 is 0 Å². The van der Waals surface area contributed by atoms with E-state index < -0.39 is 34.1 Å². The third-order valence-corrected chi connectivity index (χ3v) is 4.04. The Morgan fingerprint density at radius 1 is 1.33 bits per heavy atom. The van der Waals surface area contributed by atoms with Crippen LogP contribution < -0.4 is 9.62 Å². The molecule has 0 heterocycles. The van der Waals surface area contributed by atoms with E-state index in [4.69, 9.17) is 0 Å². The fraction of sp³-hybridized carbons (Fsp3) is 0.462. The van der Waals surface area contributed by atoms with Crippen LogP contribution in [0.2, 0.25) is 0 Å². The first kappa shape index (κ1) is 17.4. The first-order chi connectivity index (χ1) is 9.65. The average molecular weight is 320 g/mol. The summed E-state index contributed by atoms with van der Waals surface area (Å²) in [5.74, 6) is -2.78. The van der Waals surface area contributed by atoms with Crippen molar-refractivity contribution in [2.45, 2.75) is 26.3 Å². The van der Waals surface area contributed by atoms with Crippen LogP contribution >= 0.6 is 0 Å². The van der Waals surface area contributed by atoms with Gasteiger partial charge in [-0.25, -0.2) is 17.2 Å². The van der Waals surface area contributed by atoms with Crippen LogP contribution in [-0.2, 0) is 14.8 Å². The topological polar surface area (TPSA) is 66.5 Å². The summed E-state index contributed by atoms with van der Waals surface area (Å²) in [7, 11) is -3.80. The Labute approximate surface area is 123 Å². The lowest BCUT2D eigenvalue weighted by molar-refractivity contribution is -0.120.